The number of hydrogen-bond donors (Lipinski definition) is 2. The van der Waals surface area contributed by atoms with Crippen molar-refractivity contribution in [1.29, 1.82) is 0 Å². The Morgan fingerprint density at radius 2 is 2.04 bits per heavy atom. The van der Waals surface area contributed by atoms with Crippen LogP contribution >= 0.6 is 11.6 Å². The van der Waals surface area contributed by atoms with Gasteiger partial charge in [0.05, 0.1) is 25.2 Å². The Kier molecular flexibility index (Phi) is 5.15. The molecule has 0 bridgehead atoms. The van der Waals surface area contributed by atoms with Gasteiger partial charge in [-0.15, -0.1) is 0 Å². The zero-order valence-corrected chi connectivity index (χ0v) is 14.1. The monoisotopic (exact) mass is 346 g/mol. The maximum atomic E-state index is 12.1. The lowest BCUT2D eigenvalue weighted by Crippen LogP contribution is -2.33. The van der Waals surface area contributed by atoms with E-state index in [1.165, 1.54) is 25.2 Å². The fourth-order valence-electron chi connectivity index (χ4n) is 2.76. The van der Waals surface area contributed by atoms with E-state index in [-0.39, 0.29) is 11.9 Å². The summed E-state index contributed by atoms with van der Waals surface area (Å²) in [5.41, 5.74) is 0.993. The predicted octanol–water partition coefficient (Wildman–Crippen LogP) is 3.55. The van der Waals surface area contributed by atoms with Crippen LogP contribution < -0.4 is 15.4 Å². The third-order valence-electron chi connectivity index (χ3n) is 4.00. The molecule has 1 amide bonds. The van der Waals surface area contributed by atoms with Crippen molar-refractivity contribution in [1.82, 2.24) is 15.3 Å². The van der Waals surface area contributed by atoms with E-state index in [1.807, 2.05) is 0 Å². The number of hydrogen-bond acceptors (Lipinski definition) is 5. The lowest BCUT2D eigenvalue weighted by molar-refractivity contribution is 0.0932. The van der Waals surface area contributed by atoms with Gasteiger partial charge in [-0.25, -0.2) is 9.97 Å². The number of nitrogens with zero attached hydrogens (tertiary/aromatic N) is 2. The molecule has 24 heavy (non-hydrogen) atoms. The van der Waals surface area contributed by atoms with Crippen LogP contribution in [0.15, 0.2) is 30.6 Å². The molecule has 1 aliphatic carbocycles. The van der Waals surface area contributed by atoms with Crippen molar-refractivity contribution >= 4 is 29.0 Å². The number of halogens is 1. The van der Waals surface area contributed by atoms with Gasteiger partial charge in [0.15, 0.2) is 0 Å². The third kappa shape index (κ3) is 3.94. The molecule has 0 spiro atoms. The third-order valence-corrected chi connectivity index (χ3v) is 4.23. The second-order valence-electron chi connectivity index (χ2n) is 5.71. The van der Waals surface area contributed by atoms with Gasteiger partial charge in [0.25, 0.3) is 5.91 Å². The first-order chi connectivity index (χ1) is 11.7. The van der Waals surface area contributed by atoms with Gasteiger partial charge in [0.1, 0.15) is 17.3 Å². The van der Waals surface area contributed by atoms with Crippen molar-refractivity contribution in [3.05, 3.63) is 41.3 Å². The van der Waals surface area contributed by atoms with Crippen molar-refractivity contribution < 1.29 is 9.53 Å². The van der Waals surface area contributed by atoms with E-state index in [4.69, 9.17) is 16.3 Å². The van der Waals surface area contributed by atoms with Crippen LogP contribution in [-0.2, 0) is 0 Å². The van der Waals surface area contributed by atoms with E-state index >= 15 is 0 Å². The smallest absolute Gasteiger partial charge is 0.271 e. The summed E-state index contributed by atoms with van der Waals surface area (Å²) in [6.45, 7) is 0. The average molecular weight is 347 g/mol. The molecule has 7 heteroatoms. The van der Waals surface area contributed by atoms with Gasteiger partial charge in [-0.2, -0.15) is 0 Å². The minimum Gasteiger partial charge on any atom is -0.495 e. The van der Waals surface area contributed by atoms with E-state index in [9.17, 15) is 4.79 Å². The number of rotatable bonds is 5. The van der Waals surface area contributed by atoms with Crippen molar-refractivity contribution in [2.24, 2.45) is 0 Å². The number of anilines is 2. The topological polar surface area (TPSA) is 76.1 Å². The van der Waals surface area contributed by atoms with Crippen molar-refractivity contribution in [3.8, 4) is 5.75 Å². The van der Waals surface area contributed by atoms with Crippen LogP contribution in [0.1, 0.15) is 36.2 Å². The first kappa shape index (κ1) is 16.5. The highest BCUT2D eigenvalue weighted by atomic mass is 35.5. The summed E-state index contributed by atoms with van der Waals surface area (Å²) in [4.78, 5) is 20.6. The molecule has 6 nitrogen and oxygen atoms in total. The zero-order chi connectivity index (χ0) is 16.9. The second kappa shape index (κ2) is 7.49. The number of methoxy groups -OCH3 is 1. The van der Waals surface area contributed by atoms with Crippen LogP contribution in [0.25, 0.3) is 0 Å². The first-order valence-electron chi connectivity index (χ1n) is 7.89. The minimum atomic E-state index is -0.179. The molecule has 0 radical (unpaired) electrons. The fraction of sp³-hybridized carbons (Fsp3) is 0.353. The largest absolute Gasteiger partial charge is 0.495 e. The van der Waals surface area contributed by atoms with E-state index in [1.54, 1.807) is 25.3 Å². The number of ether oxygens (including phenoxy) is 1. The number of amides is 1. The van der Waals surface area contributed by atoms with Gasteiger partial charge < -0.3 is 15.4 Å². The van der Waals surface area contributed by atoms with Gasteiger partial charge in [-0.3, -0.25) is 4.79 Å². The Bertz CT molecular complexity index is 715. The lowest BCUT2D eigenvalue weighted by Gasteiger charge is -2.12. The fourth-order valence-corrected chi connectivity index (χ4v) is 2.93. The van der Waals surface area contributed by atoms with Crippen LogP contribution in [0.4, 0.5) is 11.5 Å². The van der Waals surface area contributed by atoms with Crippen LogP contribution in [0.5, 0.6) is 5.75 Å². The highest BCUT2D eigenvalue weighted by Gasteiger charge is 2.18. The van der Waals surface area contributed by atoms with Gasteiger partial charge in [-0.05, 0) is 31.0 Å². The van der Waals surface area contributed by atoms with Crippen LogP contribution in [-0.4, -0.2) is 29.0 Å². The summed E-state index contributed by atoms with van der Waals surface area (Å²) in [7, 11) is 1.58. The van der Waals surface area contributed by atoms with Gasteiger partial charge >= 0.3 is 0 Å². The number of carbonyl (C=O) groups excluding carboxylic acids is 1. The molecule has 1 aliphatic rings. The van der Waals surface area contributed by atoms with Crippen molar-refractivity contribution in [2.75, 3.05) is 12.4 Å². The van der Waals surface area contributed by atoms with E-state index in [0.29, 0.717) is 28.0 Å². The molecule has 126 valence electrons. The number of benzene rings is 1. The standard InChI is InChI=1S/C17H19ClN4O2/c1-24-15-7-6-11(18)8-13(15)22-16-10-19-14(9-20-16)17(23)21-12-4-2-3-5-12/h6-10,12H,2-5H2,1H3,(H,20,22)(H,21,23). The summed E-state index contributed by atoms with van der Waals surface area (Å²) in [5.74, 6) is 0.971. The van der Waals surface area contributed by atoms with E-state index in [2.05, 4.69) is 20.6 Å². The first-order valence-corrected chi connectivity index (χ1v) is 8.27. The zero-order valence-electron chi connectivity index (χ0n) is 13.4. The van der Waals surface area contributed by atoms with E-state index in [0.717, 1.165) is 12.8 Å². The maximum absolute atomic E-state index is 12.1. The SMILES string of the molecule is COc1ccc(Cl)cc1Nc1cnc(C(=O)NC2CCCC2)cn1. The van der Waals surface area contributed by atoms with Crippen molar-refractivity contribution in [3.63, 3.8) is 0 Å². The molecule has 0 atom stereocenters. The summed E-state index contributed by atoms with van der Waals surface area (Å²) in [5, 5.41) is 6.66. The highest BCUT2D eigenvalue weighted by molar-refractivity contribution is 6.31. The lowest BCUT2D eigenvalue weighted by atomic mass is 10.2. The van der Waals surface area contributed by atoms with Crippen molar-refractivity contribution in [2.45, 2.75) is 31.7 Å². The molecule has 1 aromatic heterocycles. The van der Waals surface area contributed by atoms with Gasteiger partial charge in [-0.1, -0.05) is 24.4 Å². The molecule has 1 heterocycles. The number of nitrogens with one attached hydrogen (secondary N) is 2. The second-order valence-corrected chi connectivity index (χ2v) is 6.15. The number of aromatic nitrogens is 2. The normalized spacial score (nSPS) is 14.4. The Balaban J connectivity index is 1.68. The van der Waals surface area contributed by atoms with Crippen LogP contribution in [0.3, 0.4) is 0 Å². The quantitative estimate of drug-likeness (QED) is 0.865. The van der Waals surface area contributed by atoms with E-state index < -0.39 is 0 Å². The molecule has 1 aromatic carbocycles. The molecule has 2 aromatic rings. The van der Waals surface area contributed by atoms with Gasteiger partial charge in [0.2, 0.25) is 0 Å². The van der Waals surface area contributed by atoms with Crippen LogP contribution in [0, 0.1) is 0 Å². The Labute approximate surface area is 145 Å². The molecule has 3 rings (SSSR count). The summed E-state index contributed by atoms with van der Waals surface area (Å²) in [6, 6.07) is 5.51. The Hall–Kier alpha value is -2.34. The molecule has 0 unspecified atom stereocenters. The summed E-state index contributed by atoms with van der Waals surface area (Å²) < 4.78 is 5.28. The molecule has 1 saturated carbocycles. The Morgan fingerprint density at radius 3 is 2.71 bits per heavy atom. The molecule has 2 N–H and O–H groups in total. The summed E-state index contributed by atoms with van der Waals surface area (Å²) >= 11 is 6.00. The maximum Gasteiger partial charge on any atom is 0.271 e. The van der Waals surface area contributed by atoms with Gasteiger partial charge in [0, 0.05) is 11.1 Å². The molecule has 1 fully saturated rings. The predicted molar refractivity (Wildman–Crippen MR) is 93.0 cm³/mol. The average Bonchev–Trinajstić information content (AvgIpc) is 3.09. The highest BCUT2D eigenvalue weighted by Crippen LogP contribution is 2.29. The summed E-state index contributed by atoms with van der Waals surface area (Å²) in [6.07, 6.45) is 7.39. The molecular weight excluding hydrogens is 328 g/mol. The van der Waals surface area contributed by atoms with Crippen LogP contribution in [0.2, 0.25) is 5.02 Å². The Morgan fingerprint density at radius 1 is 1.25 bits per heavy atom. The number of carbonyl (C=O) groups is 1. The molecule has 0 aliphatic heterocycles. The minimum absolute atomic E-state index is 0.179. The molecule has 0 saturated heterocycles. The molecular formula is C17H19ClN4O2.